The van der Waals surface area contributed by atoms with Gasteiger partial charge in [0.25, 0.3) is 0 Å². The van der Waals surface area contributed by atoms with E-state index in [1.165, 1.54) is 33.3 Å². The van der Waals surface area contributed by atoms with Gasteiger partial charge in [-0.15, -0.1) is 0 Å². The first-order valence-electron chi connectivity index (χ1n) is 12.1. The molecule has 4 aromatic rings. The van der Waals surface area contributed by atoms with E-state index in [0.717, 1.165) is 33.6 Å². The van der Waals surface area contributed by atoms with Gasteiger partial charge in [-0.1, -0.05) is 17.4 Å². The highest BCUT2D eigenvalue weighted by Gasteiger charge is 2.35. The Kier molecular flexibility index (Phi) is 7.06. The molecule has 0 aliphatic carbocycles. The Hall–Kier alpha value is -3.21. The van der Waals surface area contributed by atoms with E-state index >= 15 is 0 Å². The standard InChI is InChI=1S/C27H27FN4O3S2/c1-18-15-24-25(16-19(18)2)36-27(30-24)32(17-22-5-3-4-12-29-22)26(33)20-10-13-31(14-11-20)37(34,35)23-8-6-21(28)7-9-23/h3-9,12,15-16,20H,10-11,13-14,17H2,1-2H3. The van der Waals surface area contributed by atoms with Crippen LogP contribution in [0.1, 0.15) is 29.7 Å². The maximum atomic E-state index is 13.8. The molecule has 0 spiro atoms. The first-order valence-corrected chi connectivity index (χ1v) is 14.3. The van der Waals surface area contributed by atoms with Crippen molar-refractivity contribution in [2.75, 3.05) is 18.0 Å². The fourth-order valence-electron chi connectivity index (χ4n) is 4.50. The summed E-state index contributed by atoms with van der Waals surface area (Å²) in [6.07, 6.45) is 2.48. The average molecular weight is 539 g/mol. The highest BCUT2D eigenvalue weighted by Crippen LogP contribution is 2.34. The zero-order valence-corrected chi connectivity index (χ0v) is 22.2. The summed E-state index contributed by atoms with van der Waals surface area (Å²) in [5.41, 5.74) is 3.91. The largest absolute Gasteiger partial charge is 0.282 e. The zero-order chi connectivity index (χ0) is 26.2. The molecular formula is C27H27FN4O3S2. The van der Waals surface area contributed by atoms with E-state index in [0.29, 0.717) is 18.0 Å². The number of rotatable bonds is 6. The van der Waals surface area contributed by atoms with Crippen molar-refractivity contribution < 1.29 is 17.6 Å². The minimum absolute atomic E-state index is 0.0514. The Bertz CT molecular complexity index is 1490. The van der Waals surface area contributed by atoms with Crippen LogP contribution >= 0.6 is 11.3 Å². The topological polar surface area (TPSA) is 83.5 Å². The van der Waals surface area contributed by atoms with Gasteiger partial charge in [0.1, 0.15) is 5.82 Å². The lowest BCUT2D eigenvalue weighted by Crippen LogP contribution is -2.44. The van der Waals surface area contributed by atoms with Crippen molar-refractivity contribution in [2.45, 2.75) is 38.1 Å². The van der Waals surface area contributed by atoms with Crippen LogP contribution in [0.3, 0.4) is 0 Å². The van der Waals surface area contributed by atoms with Crippen LogP contribution in [-0.2, 0) is 21.4 Å². The van der Waals surface area contributed by atoms with Crippen LogP contribution < -0.4 is 4.90 Å². The lowest BCUT2D eigenvalue weighted by Gasteiger charge is -2.33. The Morgan fingerprint density at radius 1 is 1.08 bits per heavy atom. The van der Waals surface area contributed by atoms with E-state index in [1.54, 1.807) is 11.1 Å². The number of amides is 1. The molecule has 1 saturated heterocycles. The number of thiazole rings is 1. The number of nitrogens with zero attached hydrogens (tertiary/aromatic N) is 4. The summed E-state index contributed by atoms with van der Waals surface area (Å²) in [5, 5.41) is 0.608. The molecule has 7 nitrogen and oxygen atoms in total. The van der Waals surface area contributed by atoms with Gasteiger partial charge in [0.05, 0.1) is 27.4 Å². The van der Waals surface area contributed by atoms with E-state index in [-0.39, 0.29) is 36.4 Å². The molecule has 2 aromatic heterocycles. The lowest BCUT2D eigenvalue weighted by molar-refractivity contribution is -0.123. The second-order valence-electron chi connectivity index (χ2n) is 9.28. The Morgan fingerprint density at radius 2 is 1.78 bits per heavy atom. The van der Waals surface area contributed by atoms with Crippen LogP contribution in [0.4, 0.5) is 9.52 Å². The summed E-state index contributed by atoms with van der Waals surface area (Å²) in [6.45, 7) is 4.81. The van der Waals surface area contributed by atoms with Gasteiger partial charge in [0, 0.05) is 25.2 Å². The molecule has 10 heteroatoms. The first-order chi connectivity index (χ1) is 17.7. The molecule has 37 heavy (non-hydrogen) atoms. The van der Waals surface area contributed by atoms with E-state index < -0.39 is 15.8 Å². The van der Waals surface area contributed by atoms with Crippen molar-refractivity contribution in [1.29, 1.82) is 0 Å². The molecule has 192 valence electrons. The van der Waals surface area contributed by atoms with Gasteiger partial charge in [-0.3, -0.25) is 14.7 Å². The lowest BCUT2D eigenvalue weighted by atomic mass is 9.96. The summed E-state index contributed by atoms with van der Waals surface area (Å²) in [7, 11) is -3.75. The number of carbonyl (C=O) groups is 1. The minimum Gasteiger partial charge on any atom is -0.282 e. The van der Waals surface area contributed by atoms with Crippen molar-refractivity contribution >= 4 is 42.6 Å². The molecule has 1 aliphatic heterocycles. The third kappa shape index (κ3) is 5.27. The van der Waals surface area contributed by atoms with Crippen molar-refractivity contribution in [3.05, 3.63) is 83.4 Å². The predicted octanol–water partition coefficient (Wildman–Crippen LogP) is 5.08. The number of aryl methyl sites for hydroxylation is 2. The molecule has 1 fully saturated rings. The number of halogens is 1. The molecule has 0 saturated carbocycles. The van der Waals surface area contributed by atoms with Crippen LogP contribution in [0.15, 0.2) is 65.7 Å². The number of fused-ring (bicyclic) bond motifs is 1. The van der Waals surface area contributed by atoms with Gasteiger partial charge in [-0.25, -0.2) is 17.8 Å². The normalized spacial score (nSPS) is 15.2. The number of anilines is 1. The van der Waals surface area contributed by atoms with Crippen molar-refractivity contribution in [1.82, 2.24) is 14.3 Å². The van der Waals surface area contributed by atoms with Crippen LogP contribution in [0.25, 0.3) is 10.2 Å². The number of hydrogen-bond donors (Lipinski definition) is 0. The maximum absolute atomic E-state index is 13.8. The highest BCUT2D eigenvalue weighted by molar-refractivity contribution is 7.89. The predicted molar refractivity (Wildman–Crippen MR) is 142 cm³/mol. The third-order valence-corrected chi connectivity index (χ3v) is 9.74. The number of benzene rings is 2. The second-order valence-corrected chi connectivity index (χ2v) is 12.2. The number of pyridine rings is 1. The summed E-state index contributed by atoms with van der Waals surface area (Å²) in [4.78, 5) is 24.8. The average Bonchev–Trinajstić information content (AvgIpc) is 3.30. The quantitative estimate of drug-likeness (QED) is 0.342. The number of piperidine rings is 1. The van der Waals surface area contributed by atoms with Crippen molar-refractivity contribution in [3.8, 4) is 0 Å². The Labute approximate surface area is 219 Å². The summed E-state index contributed by atoms with van der Waals surface area (Å²) >= 11 is 1.47. The molecule has 5 rings (SSSR count). The monoisotopic (exact) mass is 538 g/mol. The van der Waals surface area contributed by atoms with Gasteiger partial charge < -0.3 is 0 Å². The van der Waals surface area contributed by atoms with Gasteiger partial charge in [0.2, 0.25) is 15.9 Å². The minimum atomic E-state index is -3.75. The second kappa shape index (κ2) is 10.3. The fourth-order valence-corrected chi connectivity index (χ4v) is 7.02. The van der Waals surface area contributed by atoms with Gasteiger partial charge >= 0.3 is 0 Å². The summed E-state index contributed by atoms with van der Waals surface area (Å²) in [6, 6.07) is 14.5. The first kappa shape index (κ1) is 25.4. The molecule has 2 aromatic carbocycles. The molecule has 1 amide bonds. The maximum Gasteiger partial charge on any atom is 0.243 e. The van der Waals surface area contributed by atoms with Crippen molar-refractivity contribution in [2.24, 2.45) is 5.92 Å². The van der Waals surface area contributed by atoms with Gasteiger partial charge in [0.15, 0.2) is 5.13 Å². The summed E-state index contributed by atoms with van der Waals surface area (Å²) in [5.74, 6) is -0.924. The Morgan fingerprint density at radius 3 is 2.46 bits per heavy atom. The third-order valence-electron chi connectivity index (χ3n) is 6.79. The molecule has 0 bridgehead atoms. The highest BCUT2D eigenvalue weighted by atomic mass is 32.2. The fraction of sp³-hybridized carbons (Fsp3) is 0.296. The number of hydrogen-bond acceptors (Lipinski definition) is 6. The van der Waals surface area contributed by atoms with Crippen LogP contribution in [0, 0.1) is 25.6 Å². The van der Waals surface area contributed by atoms with Crippen LogP contribution in [0.2, 0.25) is 0 Å². The number of sulfonamides is 1. The molecule has 0 atom stereocenters. The van der Waals surface area contributed by atoms with E-state index in [4.69, 9.17) is 4.98 Å². The van der Waals surface area contributed by atoms with Crippen molar-refractivity contribution in [3.63, 3.8) is 0 Å². The zero-order valence-electron chi connectivity index (χ0n) is 20.6. The van der Waals surface area contributed by atoms with E-state index in [2.05, 4.69) is 18.0 Å². The molecule has 0 radical (unpaired) electrons. The molecular weight excluding hydrogens is 511 g/mol. The van der Waals surface area contributed by atoms with Crippen LogP contribution in [-0.4, -0.2) is 41.7 Å². The smallest absolute Gasteiger partial charge is 0.243 e. The number of aromatic nitrogens is 2. The van der Waals surface area contributed by atoms with Crippen LogP contribution in [0.5, 0.6) is 0 Å². The molecule has 3 heterocycles. The van der Waals surface area contributed by atoms with Gasteiger partial charge in [-0.2, -0.15) is 4.31 Å². The Balaban J connectivity index is 1.38. The van der Waals surface area contributed by atoms with E-state index in [9.17, 15) is 17.6 Å². The van der Waals surface area contributed by atoms with E-state index in [1.807, 2.05) is 31.2 Å². The molecule has 0 N–H and O–H groups in total. The molecule has 0 unspecified atom stereocenters. The molecule has 1 aliphatic rings. The number of carbonyl (C=O) groups excluding carboxylic acids is 1. The summed E-state index contributed by atoms with van der Waals surface area (Å²) < 4.78 is 41.7. The SMILES string of the molecule is Cc1cc2nc(N(Cc3ccccn3)C(=O)C3CCN(S(=O)(=O)c4ccc(F)cc4)CC3)sc2cc1C. The van der Waals surface area contributed by atoms with Gasteiger partial charge in [-0.05, 0) is 86.3 Å².